The Morgan fingerprint density at radius 2 is 1.86 bits per heavy atom. The van der Waals surface area contributed by atoms with Crippen molar-refractivity contribution < 1.29 is 19.1 Å². The van der Waals surface area contributed by atoms with Gasteiger partial charge in [0.25, 0.3) is 11.9 Å². The zero-order valence-corrected chi connectivity index (χ0v) is 20.5. The number of oxazole rings is 1. The van der Waals surface area contributed by atoms with E-state index in [1.165, 1.54) is 0 Å². The standard InChI is InChI=1S/C28H30N4O4/c1-18-3-8-24-25(31-18)32-27(36-24)30-12-11-29-26(34)22-13-21(20-6-4-19(16-33)5-7-20)14-23(15-22)35-17-28(2)9-10-28/h3-8,13-15,33H,9-12,16-17H2,1-2H3,(H,29,34)(H,30,31,32). The molecule has 0 saturated heterocycles. The molecule has 0 aliphatic heterocycles. The van der Waals surface area contributed by atoms with Crippen molar-refractivity contribution in [2.24, 2.45) is 5.41 Å². The van der Waals surface area contributed by atoms with Gasteiger partial charge >= 0.3 is 0 Å². The zero-order valence-electron chi connectivity index (χ0n) is 20.5. The molecule has 8 nitrogen and oxygen atoms in total. The number of amides is 1. The molecule has 2 aromatic heterocycles. The number of hydrogen-bond acceptors (Lipinski definition) is 7. The van der Waals surface area contributed by atoms with Gasteiger partial charge in [0, 0.05) is 29.8 Å². The minimum atomic E-state index is -0.192. The first-order chi connectivity index (χ1) is 17.4. The topological polar surface area (TPSA) is 110 Å². The molecule has 5 rings (SSSR count). The van der Waals surface area contributed by atoms with Crippen LogP contribution in [0.5, 0.6) is 5.75 Å². The van der Waals surface area contributed by atoms with Gasteiger partial charge in [-0.3, -0.25) is 4.79 Å². The van der Waals surface area contributed by atoms with Gasteiger partial charge in [-0.05, 0) is 66.8 Å². The van der Waals surface area contributed by atoms with Gasteiger partial charge in [-0.25, -0.2) is 4.98 Å². The number of anilines is 1. The first-order valence-electron chi connectivity index (χ1n) is 12.2. The molecule has 1 fully saturated rings. The summed E-state index contributed by atoms with van der Waals surface area (Å²) in [6.45, 7) is 5.56. The molecule has 2 aromatic carbocycles. The molecule has 3 N–H and O–H groups in total. The lowest BCUT2D eigenvalue weighted by atomic mass is 10.0. The van der Waals surface area contributed by atoms with Gasteiger partial charge < -0.3 is 24.9 Å². The molecule has 0 unspecified atom stereocenters. The Balaban J connectivity index is 1.25. The molecule has 1 saturated carbocycles. The number of pyridine rings is 1. The van der Waals surface area contributed by atoms with E-state index >= 15 is 0 Å². The predicted molar refractivity (Wildman–Crippen MR) is 138 cm³/mol. The van der Waals surface area contributed by atoms with Crippen LogP contribution in [0.3, 0.4) is 0 Å². The van der Waals surface area contributed by atoms with Crippen LogP contribution in [0.4, 0.5) is 6.01 Å². The Hall–Kier alpha value is -3.91. The van der Waals surface area contributed by atoms with Crippen LogP contribution in [0.15, 0.2) is 59.0 Å². The minimum absolute atomic E-state index is 0.0105. The van der Waals surface area contributed by atoms with Crippen LogP contribution in [0, 0.1) is 12.3 Å². The predicted octanol–water partition coefficient (Wildman–Crippen LogP) is 4.71. The maximum atomic E-state index is 13.0. The fourth-order valence-electron chi connectivity index (χ4n) is 3.83. The van der Waals surface area contributed by atoms with Gasteiger partial charge in [0.15, 0.2) is 5.58 Å². The Bertz CT molecular complexity index is 1380. The molecule has 0 spiro atoms. The van der Waals surface area contributed by atoms with E-state index in [4.69, 9.17) is 9.15 Å². The number of carbonyl (C=O) groups is 1. The van der Waals surface area contributed by atoms with Crippen LogP contribution in [0.25, 0.3) is 22.4 Å². The second-order valence-corrected chi connectivity index (χ2v) is 9.68. The van der Waals surface area contributed by atoms with E-state index in [1.54, 1.807) is 6.07 Å². The Morgan fingerprint density at radius 3 is 2.61 bits per heavy atom. The zero-order chi connectivity index (χ0) is 25.1. The van der Waals surface area contributed by atoms with Crippen LogP contribution >= 0.6 is 0 Å². The largest absolute Gasteiger partial charge is 0.493 e. The van der Waals surface area contributed by atoms with E-state index in [9.17, 15) is 9.90 Å². The SMILES string of the molecule is Cc1ccc2oc(NCCNC(=O)c3cc(OCC4(C)CC4)cc(-c4ccc(CO)cc4)c3)nc2n1. The number of nitrogens with zero attached hydrogens (tertiary/aromatic N) is 2. The average molecular weight is 487 g/mol. The lowest BCUT2D eigenvalue weighted by Gasteiger charge is -2.14. The van der Waals surface area contributed by atoms with Crippen molar-refractivity contribution in [1.82, 2.24) is 15.3 Å². The highest BCUT2D eigenvalue weighted by molar-refractivity contribution is 5.96. The summed E-state index contributed by atoms with van der Waals surface area (Å²) in [6, 6.07) is 17.3. The van der Waals surface area contributed by atoms with Gasteiger partial charge in [0.1, 0.15) is 5.75 Å². The minimum Gasteiger partial charge on any atom is -0.493 e. The number of aryl methyl sites for hydroxylation is 1. The second-order valence-electron chi connectivity index (χ2n) is 9.68. The number of hydrogen-bond donors (Lipinski definition) is 3. The van der Waals surface area contributed by atoms with Crippen molar-refractivity contribution in [3.63, 3.8) is 0 Å². The highest BCUT2D eigenvalue weighted by atomic mass is 16.5. The molecule has 4 aromatic rings. The van der Waals surface area contributed by atoms with Crippen molar-refractivity contribution in [3.05, 3.63) is 71.4 Å². The molecule has 186 valence electrons. The average Bonchev–Trinajstić information content (AvgIpc) is 3.50. The first-order valence-corrected chi connectivity index (χ1v) is 12.2. The summed E-state index contributed by atoms with van der Waals surface area (Å²) >= 11 is 0. The highest BCUT2D eigenvalue weighted by Crippen LogP contribution is 2.45. The Morgan fingerprint density at radius 1 is 1.06 bits per heavy atom. The third-order valence-electron chi connectivity index (χ3n) is 6.41. The van der Waals surface area contributed by atoms with Gasteiger partial charge in [0.05, 0.1) is 13.2 Å². The molecule has 0 radical (unpaired) electrons. The van der Waals surface area contributed by atoms with Crippen molar-refractivity contribution >= 4 is 23.2 Å². The van der Waals surface area contributed by atoms with Gasteiger partial charge in [-0.15, -0.1) is 0 Å². The fraction of sp³-hybridized carbons (Fsp3) is 0.321. The third kappa shape index (κ3) is 5.66. The number of benzene rings is 2. The molecular formula is C28H30N4O4. The van der Waals surface area contributed by atoms with Crippen LogP contribution < -0.4 is 15.4 Å². The molecule has 1 aliphatic carbocycles. The van der Waals surface area contributed by atoms with E-state index < -0.39 is 0 Å². The number of ether oxygens (including phenoxy) is 1. The van der Waals surface area contributed by atoms with E-state index in [0.29, 0.717) is 48.3 Å². The normalized spacial score (nSPS) is 14.0. The number of carbonyl (C=O) groups excluding carboxylic acids is 1. The number of nitrogens with one attached hydrogen (secondary N) is 2. The summed E-state index contributed by atoms with van der Waals surface area (Å²) in [7, 11) is 0. The van der Waals surface area contributed by atoms with Gasteiger partial charge in [-0.1, -0.05) is 31.2 Å². The number of aromatic nitrogens is 2. The summed E-state index contributed by atoms with van der Waals surface area (Å²) in [6.07, 6.45) is 2.32. The maximum Gasteiger partial charge on any atom is 0.297 e. The molecule has 1 aliphatic rings. The highest BCUT2D eigenvalue weighted by Gasteiger charge is 2.38. The monoisotopic (exact) mass is 486 g/mol. The number of fused-ring (bicyclic) bond motifs is 1. The quantitative estimate of drug-likeness (QED) is 0.279. The van der Waals surface area contributed by atoms with Crippen LogP contribution in [-0.2, 0) is 6.61 Å². The van der Waals surface area contributed by atoms with E-state index in [2.05, 4.69) is 27.5 Å². The summed E-state index contributed by atoms with van der Waals surface area (Å²) in [5, 5.41) is 15.4. The molecule has 36 heavy (non-hydrogen) atoms. The van der Waals surface area contributed by atoms with Gasteiger partial charge in [-0.2, -0.15) is 4.98 Å². The van der Waals surface area contributed by atoms with Crippen molar-refractivity contribution in [3.8, 4) is 16.9 Å². The van der Waals surface area contributed by atoms with E-state index in [0.717, 1.165) is 35.2 Å². The molecule has 2 heterocycles. The Labute approximate surface area is 209 Å². The molecule has 0 bridgehead atoms. The van der Waals surface area contributed by atoms with Crippen LogP contribution in [0.2, 0.25) is 0 Å². The first kappa shape index (κ1) is 23.8. The van der Waals surface area contributed by atoms with E-state index in [-0.39, 0.29) is 17.9 Å². The Kier molecular flexibility index (Phi) is 6.61. The van der Waals surface area contributed by atoms with Crippen molar-refractivity contribution in [2.75, 3.05) is 25.0 Å². The fourth-order valence-corrected chi connectivity index (χ4v) is 3.83. The lowest BCUT2D eigenvalue weighted by molar-refractivity contribution is 0.0954. The van der Waals surface area contributed by atoms with Crippen LogP contribution in [0.1, 0.15) is 41.4 Å². The number of rotatable bonds is 10. The van der Waals surface area contributed by atoms with Gasteiger partial charge in [0.2, 0.25) is 5.65 Å². The lowest BCUT2D eigenvalue weighted by Crippen LogP contribution is -2.28. The van der Waals surface area contributed by atoms with E-state index in [1.807, 2.05) is 55.5 Å². The summed E-state index contributed by atoms with van der Waals surface area (Å²) in [5.74, 6) is 0.479. The molecule has 1 amide bonds. The molecule has 8 heteroatoms. The number of aliphatic hydroxyl groups is 1. The van der Waals surface area contributed by atoms with Crippen molar-refractivity contribution in [2.45, 2.75) is 33.3 Å². The smallest absolute Gasteiger partial charge is 0.297 e. The summed E-state index contributed by atoms with van der Waals surface area (Å²) < 4.78 is 11.7. The maximum absolute atomic E-state index is 13.0. The summed E-state index contributed by atoms with van der Waals surface area (Å²) in [5.41, 5.74) is 5.46. The van der Waals surface area contributed by atoms with Crippen LogP contribution in [-0.4, -0.2) is 40.7 Å². The third-order valence-corrected chi connectivity index (χ3v) is 6.41. The summed E-state index contributed by atoms with van der Waals surface area (Å²) in [4.78, 5) is 21.7. The molecule has 0 atom stereocenters. The number of aliphatic hydroxyl groups excluding tert-OH is 1. The second kappa shape index (κ2) is 9.99. The van der Waals surface area contributed by atoms with Crippen molar-refractivity contribution in [1.29, 1.82) is 0 Å². The molecular weight excluding hydrogens is 456 g/mol.